The van der Waals surface area contributed by atoms with Crippen molar-refractivity contribution < 1.29 is 24.9 Å². The van der Waals surface area contributed by atoms with Gasteiger partial charge in [-0.2, -0.15) is 0 Å². The molecule has 1 rings (SSSR count). The second-order valence-corrected chi connectivity index (χ2v) is 5.43. The Morgan fingerprint density at radius 2 is 1.78 bits per heavy atom. The number of phenols is 1. The highest BCUT2D eigenvalue weighted by molar-refractivity contribution is 9.11. The van der Waals surface area contributed by atoms with Crippen molar-refractivity contribution in [1.82, 2.24) is 0 Å². The zero-order chi connectivity index (χ0) is 13.9. The van der Waals surface area contributed by atoms with E-state index in [0.29, 0.717) is 14.5 Å². The van der Waals surface area contributed by atoms with Gasteiger partial charge >= 0.3 is 5.97 Å². The molecule has 0 bridgehead atoms. The minimum Gasteiger partial charge on any atom is -0.550 e. The molecule has 0 aliphatic heterocycles. The molecule has 2 N–H and O–H groups in total. The fourth-order valence-corrected chi connectivity index (χ4v) is 2.75. The predicted molar refractivity (Wildman–Crippen MR) is 68.0 cm³/mol. The van der Waals surface area contributed by atoms with Crippen LogP contribution in [0, 0.1) is 5.92 Å². The molecule has 0 fully saturated rings. The van der Waals surface area contributed by atoms with Gasteiger partial charge in [0.25, 0.3) is 0 Å². The van der Waals surface area contributed by atoms with Gasteiger partial charge in [-0.1, -0.05) is 0 Å². The molecule has 18 heavy (non-hydrogen) atoms. The Bertz CT molecular complexity index is 463. The van der Waals surface area contributed by atoms with Crippen LogP contribution in [0.4, 0.5) is 0 Å². The van der Waals surface area contributed by atoms with Gasteiger partial charge in [0, 0.05) is 11.9 Å². The van der Waals surface area contributed by atoms with Crippen LogP contribution in [-0.4, -0.2) is 22.2 Å². The van der Waals surface area contributed by atoms with Gasteiger partial charge in [0.05, 0.1) is 15.4 Å². The van der Waals surface area contributed by atoms with Crippen molar-refractivity contribution in [2.45, 2.75) is 12.8 Å². The van der Waals surface area contributed by atoms with Crippen molar-refractivity contribution in [2.75, 3.05) is 0 Å². The van der Waals surface area contributed by atoms with Crippen LogP contribution in [-0.2, 0) is 16.0 Å². The van der Waals surface area contributed by atoms with Crippen LogP contribution in [0.1, 0.15) is 12.0 Å². The average Bonchev–Trinajstić information content (AvgIpc) is 2.24. The molecule has 0 aliphatic rings. The Balaban J connectivity index is 2.94. The Kier molecular flexibility index (Phi) is 5.15. The lowest BCUT2D eigenvalue weighted by Gasteiger charge is -2.16. The smallest absolute Gasteiger partial charge is 0.304 e. The van der Waals surface area contributed by atoms with E-state index < -0.39 is 24.3 Å². The molecule has 1 aromatic carbocycles. The lowest BCUT2D eigenvalue weighted by Crippen LogP contribution is -2.34. The molecule has 0 aliphatic carbocycles. The van der Waals surface area contributed by atoms with E-state index in [9.17, 15) is 19.8 Å². The third kappa shape index (κ3) is 3.99. The van der Waals surface area contributed by atoms with Crippen LogP contribution < -0.4 is 5.11 Å². The van der Waals surface area contributed by atoms with Crippen molar-refractivity contribution in [3.8, 4) is 5.75 Å². The molecule has 0 saturated carbocycles. The molecule has 1 aromatic rings. The molecule has 0 radical (unpaired) electrons. The Labute approximate surface area is 120 Å². The van der Waals surface area contributed by atoms with E-state index in [1.54, 1.807) is 0 Å². The first kappa shape index (κ1) is 15.0. The summed E-state index contributed by atoms with van der Waals surface area (Å²) < 4.78 is 0.804. The highest BCUT2D eigenvalue weighted by atomic mass is 79.9. The number of rotatable bonds is 5. The molecule has 0 spiro atoms. The molecule has 1 unspecified atom stereocenters. The summed E-state index contributed by atoms with van der Waals surface area (Å²) in [5.74, 6) is -3.70. The summed E-state index contributed by atoms with van der Waals surface area (Å²) in [6.45, 7) is 0. The van der Waals surface area contributed by atoms with E-state index in [4.69, 9.17) is 5.11 Å². The van der Waals surface area contributed by atoms with Crippen LogP contribution in [0.5, 0.6) is 5.75 Å². The van der Waals surface area contributed by atoms with Crippen molar-refractivity contribution in [3.05, 3.63) is 26.6 Å². The molecular formula is C11H9Br2O5-. The summed E-state index contributed by atoms with van der Waals surface area (Å²) in [6, 6.07) is 3.08. The quantitative estimate of drug-likeness (QED) is 0.802. The van der Waals surface area contributed by atoms with Crippen molar-refractivity contribution in [3.63, 3.8) is 0 Å². The second kappa shape index (κ2) is 6.19. The van der Waals surface area contributed by atoms with Crippen LogP contribution in [0.3, 0.4) is 0 Å². The molecule has 0 aromatic heterocycles. The molecular weight excluding hydrogens is 372 g/mol. The van der Waals surface area contributed by atoms with Crippen molar-refractivity contribution in [1.29, 1.82) is 0 Å². The summed E-state index contributed by atoms with van der Waals surface area (Å²) in [6.07, 6.45) is -0.482. The highest BCUT2D eigenvalue weighted by Gasteiger charge is 2.16. The summed E-state index contributed by atoms with van der Waals surface area (Å²) in [4.78, 5) is 21.4. The molecule has 5 nitrogen and oxygen atoms in total. The molecule has 7 heteroatoms. The maximum atomic E-state index is 10.8. The van der Waals surface area contributed by atoms with Gasteiger partial charge in [-0.05, 0) is 56.0 Å². The zero-order valence-electron chi connectivity index (χ0n) is 9.02. The highest BCUT2D eigenvalue weighted by Crippen LogP contribution is 2.34. The van der Waals surface area contributed by atoms with E-state index in [-0.39, 0.29) is 12.2 Å². The van der Waals surface area contributed by atoms with Gasteiger partial charge in [0.15, 0.2) is 0 Å². The van der Waals surface area contributed by atoms with Crippen LogP contribution in [0.25, 0.3) is 0 Å². The minimum absolute atomic E-state index is 0.00184. The van der Waals surface area contributed by atoms with Gasteiger partial charge in [0.2, 0.25) is 0 Å². The number of carboxylic acid groups (broad SMARTS) is 2. The minimum atomic E-state index is -1.40. The monoisotopic (exact) mass is 379 g/mol. The first-order valence-electron chi connectivity index (χ1n) is 4.90. The fourth-order valence-electron chi connectivity index (χ4n) is 1.47. The lowest BCUT2D eigenvalue weighted by molar-refractivity contribution is -0.311. The molecule has 0 amide bonds. The van der Waals surface area contributed by atoms with Gasteiger partial charge < -0.3 is 20.1 Å². The Hall–Kier alpha value is -1.08. The number of aliphatic carboxylic acids is 2. The SMILES string of the molecule is O=C(O)CC(Cc1cc(Br)c(O)c(Br)c1)C(=O)[O-]. The number of hydrogen-bond donors (Lipinski definition) is 2. The zero-order valence-corrected chi connectivity index (χ0v) is 12.2. The number of carboxylic acids is 2. The Morgan fingerprint density at radius 1 is 1.28 bits per heavy atom. The predicted octanol–water partition coefficient (Wildman–Crippen LogP) is 1.30. The van der Waals surface area contributed by atoms with Crippen LogP contribution in [0.15, 0.2) is 21.1 Å². The molecule has 1 atom stereocenters. The first-order chi connectivity index (χ1) is 8.31. The summed E-state index contributed by atoms with van der Waals surface area (Å²) >= 11 is 6.23. The topological polar surface area (TPSA) is 97.7 Å². The van der Waals surface area contributed by atoms with E-state index in [0.717, 1.165) is 0 Å². The normalized spacial score (nSPS) is 12.1. The number of hydrogen-bond acceptors (Lipinski definition) is 4. The number of halogens is 2. The first-order valence-corrected chi connectivity index (χ1v) is 6.49. The van der Waals surface area contributed by atoms with Crippen molar-refractivity contribution >= 4 is 43.8 Å². The van der Waals surface area contributed by atoms with Gasteiger partial charge in [-0.25, -0.2) is 0 Å². The van der Waals surface area contributed by atoms with Gasteiger partial charge in [-0.3, -0.25) is 4.79 Å². The summed E-state index contributed by atoms with van der Waals surface area (Å²) in [5, 5.41) is 28.9. The molecule has 0 heterocycles. The van der Waals surface area contributed by atoms with Crippen molar-refractivity contribution in [2.24, 2.45) is 5.92 Å². The number of carbonyl (C=O) groups excluding carboxylic acids is 1. The van der Waals surface area contributed by atoms with Crippen LogP contribution in [0.2, 0.25) is 0 Å². The third-order valence-electron chi connectivity index (χ3n) is 2.31. The average molecular weight is 381 g/mol. The summed E-state index contributed by atoms with van der Waals surface area (Å²) in [5.41, 5.74) is 0.585. The van der Waals surface area contributed by atoms with E-state index >= 15 is 0 Å². The standard InChI is InChI=1S/C11H10Br2O5/c12-7-2-5(3-8(13)10(7)16)1-6(11(17)18)4-9(14)15/h2-3,6,16H,1,4H2,(H,14,15)(H,17,18)/p-1. The van der Waals surface area contributed by atoms with E-state index in [2.05, 4.69) is 31.9 Å². The number of carbonyl (C=O) groups is 2. The largest absolute Gasteiger partial charge is 0.550 e. The van der Waals surface area contributed by atoms with Gasteiger partial charge in [0.1, 0.15) is 5.75 Å². The molecule has 98 valence electrons. The maximum absolute atomic E-state index is 10.8. The Morgan fingerprint density at radius 3 is 2.17 bits per heavy atom. The number of benzene rings is 1. The molecule has 0 saturated heterocycles. The third-order valence-corrected chi connectivity index (χ3v) is 3.52. The fraction of sp³-hybridized carbons (Fsp3) is 0.273. The maximum Gasteiger partial charge on any atom is 0.304 e. The van der Waals surface area contributed by atoms with E-state index in [1.165, 1.54) is 12.1 Å². The van der Waals surface area contributed by atoms with Gasteiger partial charge in [-0.15, -0.1) is 0 Å². The second-order valence-electron chi connectivity index (χ2n) is 3.73. The number of aromatic hydroxyl groups is 1. The van der Waals surface area contributed by atoms with E-state index in [1.807, 2.05) is 0 Å². The number of phenolic OH excluding ortho intramolecular Hbond substituents is 1. The van der Waals surface area contributed by atoms with Crippen LogP contribution >= 0.6 is 31.9 Å². The lowest BCUT2D eigenvalue weighted by atomic mass is 9.96. The summed E-state index contributed by atoms with van der Waals surface area (Å²) in [7, 11) is 0.